The molecule has 0 radical (unpaired) electrons. The molecule has 136 valence electrons. The van der Waals surface area contributed by atoms with E-state index in [2.05, 4.69) is 5.32 Å². The number of amides is 2. The molecule has 26 heavy (non-hydrogen) atoms. The standard InChI is InChI=1S/C20H22N2O4/c1-3-22(4-2)20(25)16-7-9-17(10-8-16)21-19(24)14-26-18-11-5-15(13-23)6-12-18/h5-13H,3-4,14H2,1-2H3,(H,21,24). The van der Waals surface area contributed by atoms with E-state index in [4.69, 9.17) is 4.74 Å². The second-order valence-electron chi connectivity index (χ2n) is 5.58. The van der Waals surface area contributed by atoms with Gasteiger partial charge in [0.1, 0.15) is 12.0 Å². The fraction of sp³-hybridized carbons (Fsp3) is 0.250. The number of carbonyl (C=O) groups is 3. The molecule has 2 amide bonds. The molecule has 0 aromatic heterocycles. The number of rotatable bonds is 8. The number of aldehydes is 1. The summed E-state index contributed by atoms with van der Waals surface area (Å²) in [4.78, 5) is 36.5. The Hall–Kier alpha value is -3.15. The molecule has 2 rings (SSSR count). The number of nitrogens with one attached hydrogen (secondary N) is 1. The Balaban J connectivity index is 1.88. The van der Waals surface area contributed by atoms with Gasteiger partial charge >= 0.3 is 0 Å². The van der Waals surface area contributed by atoms with Crippen molar-refractivity contribution in [1.29, 1.82) is 0 Å². The molecule has 1 N–H and O–H groups in total. The number of benzene rings is 2. The Bertz CT molecular complexity index is 750. The smallest absolute Gasteiger partial charge is 0.262 e. The highest BCUT2D eigenvalue weighted by Gasteiger charge is 2.12. The zero-order valence-electron chi connectivity index (χ0n) is 14.9. The van der Waals surface area contributed by atoms with Crippen LogP contribution in [-0.4, -0.2) is 42.7 Å². The van der Waals surface area contributed by atoms with Crippen molar-refractivity contribution in [3.05, 3.63) is 59.7 Å². The summed E-state index contributed by atoms with van der Waals surface area (Å²) in [5.41, 5.74) is 1.71. The maximum atomic E-state index is 12.2. The van der Waals surface area contributed by atoms with Crippen molar-refractivity contribution >= 4 is 23.8 Å². The van der Waals surface area contributed by atoms with Crippen LogP contribution in [-0.2, 0) is 4.79 Å². The summed E-state index contributed by atoms with van der Waals surface area (Å²) in [5.74, 6) is 0.160. The van der Waals surface area contributed by atoms with Crippen molar-refractivity contribution < 1.29 is 19.1 Å². The molecule has 0 bridgehead atoms. The van der Waals surface area contributed by atoms with Gasteiger partial charge in [-0.25, -0.2) is 0 Å². The Morgan fingerprint density at radius 1 is 1.00 bits per heavy atom. The Morgan fingerprint density at radius 2 is 1.62 bits per heavy atom. The van der Waals surface area contributed by atoms with Crippen LogP contribution in [0.1, 0.15) is 34.6 Å². The van der Waals surface area contributed by atoms with E-state index in [1.807, 2.05) is 13.8 Å². The molecular formula is C20H22N2O4. The van der Waals surface area contributed by atoms with Gasteiger partial charge < -0.3 is 15.0 Å². The van der Waals surface area contributed by atoms with Crippen LogP contribution < -0.4 is 10.1 Å². The zero-order valence-corrected chi connectivity index (χ0v) is 14.9. The van der Waals surface area contributed by atoms with Gasteiger partial charge in [0.25, 0.3) is 11.8 Å². The summed E-state index contributed by atoms with van der Waals surface area (Å²) in [6, 6.07) is 13.2. The average molecular weight is 354 g/mol. The Labute approximate surface area is 152 Å². The predicted octanol–water partition coefficient (Wildman–Crippen LogP) is 3.00. The van der Waals surface area contributed by atoms with E-state index >= 15 is 0 Å². The molecular weight excluding hydrogens is 332 g/mol. The first-order valence-electron chi connectivity index (χ1n) is 8.44. The van der Waals surface area contributed by atoms with Gasteiger partial charge in [-0.2, -0.15) is 0 Å². The number of ether oxygens (including phenoxy) is 1. The van der Waals surface area contributed by atoms with E-state index in [1.165, 1.54) is 0 Å². The van der Waals surface area contributed by atoms with Crippen molar-refractivity contribution in [2.24, 2.45) is 0 Å². The van der Waals surface area contributed by atoms with Gasteiger partial charge in [0.2, 0.25) is 0 Å². The normalized spacial score (nSPS) is 10.1. The molecule has 6 heteroatoms. The van der Waals surface area contributed by atoms with Gasteiger partial charge in [-0.1, -0.05) is 0 Å². The van der Waals surface area contributed by atoms with E-state index in [0.717, 1.165) is 6.29 Å². The summed E-state index contributed by atoms with van der Waals surface area (Å²) in [6.07, 6.45) is 0.741. The van der Waals surface area contributed by atoms with Crippen LogP contribution in [0.4, 0.5) is 5.69 Å². The van der Waals surface area contributed by atoms with Crippen molar-refractivity contribution in [1.82, 2.24) is 4.90 Å². The largest absolute Gasteiger partial charge is 0.484 e. The van der Waals surface area contributed by atoms with Crippen LogP contribution in [0.15, 0.2) is 48.5 Å². The summed E-state index contributed by atoms with van der Waals surface area (Å²) in [5, 5.41) is 2.71. The quantitative estimate of drug-likeness (QED) is 0.740. The first-order valence-corrected chi connectivity index (χ1v) is 8.44. The lowest BCUT2D eigenvalue weighted by Gasteiger charge is -2.18. The van der Waals surface area contributed by atoms with Crippen LogP contribution in [0.2, 0.25) is 0 Å². The summed E-state index contributed by atoms with van der Waals surface area (Å²) >= 11 is 0. The first-order chi connectivity index (χ1) is 12.6. The average Bonchev–Trinajstić information content (AvgIpc) is 2.68. The molecule has 0 unspecified atom stereocenters. The fourth-order valence-electron chi connectivity index (χ4n) is 2.38. The van der Waals surface area contributed by atoms with Crippen LogP contribution in [0.25, 0.3) is 0 Å². The van der Waals surface area contributed by atoms with Crippen molar-refractivity contribution in [2.45, 2.75) is 13.8 Å². The number of nitrogens with zero attached hydrogens (tertiary/aromatic N) is 1. The lowest BCUT2D eigenvalue weighted by Crippen LogP contribution is -2.30. The molecule has 0 heterocycles. The molecule has 0 saturated carbocycles. The Kier molecular flexibility index (Phi) is 6.91. The van der Waals surface area contributed by atoms with Crippen LogP contribution >= 0.6 is 0 Å². The van der Waals surface area contributed by atoms with Crippen LogP contribution in [0.3, 0.4) is 0 Å². The molecule has 2 aromatic rings. The summed E-state index contributed by atoms with van der Waals surface area (Å²) in [7, 11) is 0. The van der Waals surface area contributed by atoms with E-state index in [0.29, 0.717) is 35.7 Å². The second kappa shape index (κ2) is 9.36. The molecule has 2 aromatic carbocycles. The van der Waals surface area contributed by atoms with Gasteiger partial charge in [-0.3, -0.25) is 14.4 Å². The predicted molar refractivity (Wildman–Crippen MR) is 99.6 cm³/mol. The third-order valence-electron chi connectivity index (χ3n) is 3.85. The number of carbonyl (C=O) groups excluding carboxylic acids is 3. The van der Waals surface area contributed by atoms with Gasteiger partial charge in [-0.05, 0) is 62.4 Å². The van der Waals surface area contributed by atoms with Crippen molar-refractivity contribution in [2.75, 3.05) is 25.0 Å². The molecule has 0 atom stereocenters. The van der Waals surface area contributed by atoms with Crippen molar-refractivity contribution in [3.63, 3.8) is 0 Å². The van der Waals surface area contributed by atoms with Gasteiger partial charge in [0.05, 0.1) is 0 Å². The SMILES string of the molecule is CCN(CC)C(=O)c1ccc(NC(=O)COc2ccc(C=O)cc2)cc1. The molecule has 0 aliphatic carbocycles. The van der Waals surface area contributed by atoms with E-state index in [-0.39, 0.29) is 18.4 Å². The summed E-state index contributed by atoms with van der Waals surface area (Å²) in [6.45, 7) is 5.02. The molecule has 0 aliphatic heterocycles. The zero-order chi connectivity index (χ0) is 18.9. The monoisotopic (exact) mass is 354 g/mol. The number of hydrogen-bond acceptors (Lipinski definition) is 4. The number of anilines is 1. The number of hydrogen-bond donors (Lipinski definition) is 1. The van der Waals surface area contributed by atoms with Crippen LogP contribution in [0, 0.1) is 0 Å². The highest BCUT2D eigenvalue weighted by atomic mass is 16.5. The maximum Gasteiger partial charge on any atom is 0.262 e. The third-order valence-corrected chi connectivity index (χ3v) is 3.85. The molecule has 0 fully saturated rings. The van der Waals surface area contributed by atoms with Gasteiger partial charge in [0, 0.05) is 29.9 Å². The first kappa shape index (κ1) is 19.2. The highest BCUT2D eigenvalue weighted by Crippen LogP contribution is 2.13. The minimum atomic E-state index is -0.313. The highest BCUT2D eigenvalue weighted by molar-refractivity contribution is 5.96. The van der Waals surface area contributed by atoms with E-state index in [1.54, 1.807) is 53.4 Å². The third kappa shape index (κ3) is 5.17. The second-order valence-corrected chi connectivity index (χ2v) is 5.58. The van der Waals surface area contributed by atoms with Gasteiger partial charge in [-0.15, -0.1) is 0 Å². The Morgan fingerprint density at radius 3 is 2.15 bits per heavy atom. The van der Waals surface area contributed by atoms with Gasteiger partial charge in [0.15, 0.2) is 6.61 Å². The molecule has 0 aliphatic rings. The topological polar surface area (TPSA) is 75.7 Å². The molecule has 0 saturated heterocycles. The lowest BCUT2D eigenvalue weighted by atomic mass is 10.2. The maximum absolute atomic E-state index is 12.2. The van der Waals surface area contributed by atoms with Crippen LogP contribution in [0.5, 0.6) is 5.75 Å². The minimum Gasteiger partial charge on any atom is -0.484 e. The molecule has 0 spiro atoms. The fourth-order valence-corrected chi connectivity index (χ4v) is 2.38. The lowest BCUT2D eigenvalue weighted by molar-refractivity contribution is -0.118. The molecule has 6 nitrogen and oxygen atoms in total. The van der Waals surface area contributed by atoms with E-state index in [9.17, 15) is 14.4 Å². The van der Waals surface area contributed by atoms with Crippen molar-refractivity contribution in [3.8, 4) is 5.75 Å². The summed E-state index contributed by atoms with van der Waals surface area (Å²) < 4.78 is 5.37. The van der Waals surface area contributed by atoms with E-state index < -0.39 is 0 Å². The minimum absolute atomic E-state index is 0.0324.